The fourth-order valence-electron chi connectivity index (χ4n) is 4.54. The molecular formula is C25H34N6O3. The minimum atomic E-state index is -1.65. The molecule has 9 heteroatoms. The molecule has 0 bridgehead atoms. The van der Waals surface area contributed by atoms with E-state index in [-0.39, 0.29) is 30.3 Å². The summed E-state index contributed by atoms with van der Waals surface area (Å²) in [7, 11) is 0. The molecule has 9 nitrogen and oxygen atoms in total. The highest BCUT2D eigenvalue weighted by atomic mass is 16.3. The van der Waals surface area contributed by atoms with Crippen LogP contribution >= 0.6 is 0 Å². The number of benzene rings is 1. The average Bonchev–Trinajstić information content (AvgIpc) is 3.15. The van der Waals surface area contributed by atoms with E-state index in [4.69, 9.17) is 0 Å². The van der Waals surface area contributed by atoms with Crippen molar-refractivity contribution in [1.82, 2.24) is 20.2 Å². The van der Waals surface area contributed by atoms with Crippen LogP contribution in [0.15, 0.2) is 30.6 Å². The number of amides is 2. The Balaban J connectivity index is 1.52. The lowest BCUT2D eigenvalue weighted by Gasteiger charge is -2.40. The first kappa shape index (κ1) is 24.1. The van der Waals surface area contributed by atoms with Crippen molar-refractivity contribution in [2.45, 2.75) is 51.7 Å². The fourth-order valence-corrected chi connectivity index (χ4v) is 4.54. The Morgan fingerprint density at radius 1 is 1.21 bits per heavy atom. The van der Waals surface area contributed by atoms with E-state index >= 15 is 0 Å². The van der Waals surface area contributed by atoms with Crippen LogP contribution in [0.25, 0.3) is 0 Å². The lowest BCUT2D eigenvalue weighted by atomic mass is 9.90. The molecule has 182 valence electrons. The number of nitrogens with zero attached hydrogens (tertiary/aromatic N) is 4. The van der Waals surface area contributed by atoms with Gasteiger partial charge in [-0.1, -0.05) is 45.0 Å². The minimum absolute atomic E-state index is 0.0811. The first-order chi connectivity index (χ1) is 16.2. The fraction of sp³-hybridized carbons (Fsp3) is 0.520. The highest BCUT2D eigenvalue weighted by molar-refractivity contribution is 6.03. The number of carbonyl (C=O) groups excluding carboxylic acids is 2. The van der Waals surface area contributed by atoms with E-state index in [1.54, 1.807) is 4.90 Å². The predicted octanol–water partition coefficient (Wildman–Crippen LogP) is 1.63. The van der Waals surface area contributed by atoms with Crippen molar-refractivity contribution < 1.29 is 14.7 Å². The molecule has 34 heavy (non-hydrogen) atoms. The van der Waals surface area contributed by atoms with Gasteiger partial charge in [-0.05, 0) is 24.5 Å². The van der Waals surface area contributed by atoms with Crippen LogP contribution in [0.4, 0.5) is 11.6 Å². The smallest absolute Gasteiger partial charge is 0.260 e. The van der Waals surface area contributed by atoms with Gasteiger partial charge in [-0.15, -0.1) is 0 Å². The van der Waals surface area contributed by atoms with E-state index in [1.165, 1.54) is 6.33 Å². The van der Waals surface area contributed by atoms with E-state index < -0.39 is 5.60 Å². The number of anilines is 2. The molecule has 3 N–H and O–H groups in total. The summed E-state index contributed by atoms with van der Waals surface area (Å²) in [6, 6.07) is 7.76. The Labute approximate surface area is 200 Å². The molecule has 1 unspecified atom stereocenters. The highest BCUT2D eigenvalue weighted by Gasteiger charge is 2.42. The van der Waals surface area contributed by atoms with Crippen molar-refractivity contribution in [2.75, 3.05) is 42.9 Å². The van der Waals surface area contributed by atoms with Crippen LogP contribution in [0.1, 0.15) is 50.3 Å². The van der Waals surface area contributed by atoms with Crippen molar-refractivity contribution in [3.8, 4) is 0 Å². The second kappa shape index (κ2) is 9.68. The van der Waals surface area contributed by atoms with Crippen LogP contribution in [0.5, 0.6) is 0 Å². The number of aromatic nitrogens is 2. The number of fused-ring (bicyclic) bond motifs is 1. The van der Waals surface area contributed by atoms with Crippen LogP contribution in [0.2, 0.25) is 0 Å². The van der Waals surface area contributed by atoms with Crippen LogP contribution in [-0.4, -0.2) is 70.6 Å². The summed E-state index contributed by atoms with van der Waals surface area (Å²) in [6.45, 7) is 10.0. The summed E-state index contributed by atoms with van der Waals surface area (Å²) in [5.74, 6) is 0.592. The number of hydrogen-bond acceptors (Lipinski definition) is 7. The molecule has 2 amide bonds. The molecule has 2 aliphatic heterocycles. The molecule has 0 saturated carbocycles. The largest absolute Gasteiger partial charge is 0.374 e. The number of nitrogens with one attached hydrogen (secondary N) is 2. The second-order valence-electron chi connectivity index (χ2n) is 9.40. The second-order valence-corrected chi connectivity index (χ2v) is 9.40. The van der Waals surface area contributed by atoms with Gasteiger partial charge in [-0.3, -0.25) is 9.59 Å². The third-order valence-corrected chi connectivity index (χ3v) is 6.76. The van der Waals surface area contributed by atoms with Gasteiger partial charge in [0.15, 0.2) is 5.60 Å². The Morgan fingerprint density at radius 2 is 1.88 bits per heavy atom. The third kappa shape index (κ3) is 4.50. The molecule has 3 heterocycles. The molecular weight excluding hydrogens is 432 g/mol. The van der Waals surface area contributed by atoms with Gasteiger partial charge in [0, 0.05) is 44.3 Å². The minimum Gasteiger partial charge on any atom is -0.374 e. The van der Waals surface area contributed by atoms with Gasteiger partial charge >= 0.3 is 0 Å². The van der Waals surface area contributed by atoms with Crippen molar-refractivity contribution >= 4 is 23.5 Å². The van der Waals surface area contributed by atoms with E-state index in [0.29, 0.717) is 37.6 Å². The van der Waals surface area contributed by atoms with E-state index in [1.807, 2.05) is 45.0 Å². The number of rotatable bonds is 7. The molecule has 1 aromatic heterocycles. The Bertz CT molecular complexity index is 1050. The maximum absolute atomic E-state index is 13.7. The summed E-state index contributed by atoms with van der Waals surface area (Å²) < 4.78 is 0. The molecule has 0 spiro atoms. The van der Waals surface area contributed by atoms with Gasteiger partial charge in [0.2, 0.25) is 5.91 Å². The summed E-state index contributed by atoms with van der Waals surface area (Å²) in [5, 5.41) is 17.7. The van der Waals surface area contributed by atoms with Gasteiger partial charge in [0.25, 0.3) is 5.91 Å². The molecule has 2 aliphatic rings. The molecule has 0 aliphatic carbocycles. The summed E-state index contributed by atoms with van der Waals surface area (Å²) >= 11 is 0. The van der Waals surface area contributed by atoms with Gasteiger partial charge in [-0.25, -0.2) is 9.97 Å². The highest BCUT2D eigenvalue weighted by Crippen LogP contribution is 2.37. The first-order valence-electron chi connectivity index (χ1n) is 12.0. The summed E-state index contributed by atoms with van der Waals surface area (Å²) in [4.78, 5) is 38.2. The van der Waals surface area contributed by atoms with Crippen LogP contribution in [0.3, 0.4) is 0 Å². The molecule has 1 saturated heterocycles. The van der Waals surface area contributed by atoms with Gasteiger partial charge in [-0.2, -0.15) is 0 Å². The molecule has 0 radical (unpaired) electrons. The van der Waals surface area contributed by atoms with Crippen LogP contribution in [-0.2, 0) is 21.6 Å². The summed E-state index contributed by atoms with van der Waals surface area (Å²) in [6.07, 6.45) is 2.35. The zero-order valence-corrected chi connectivity index (χ0v) is 20.3. The van der Waals surface area contributed by atoms with Crippen molar-refractivity contribution in [2.24, 2.45) is 0 Å². The number of carbonyl (C=O) groups is 2. The van der Waals surface area contributed by atoms with Crippen LogP contribution in [0, 0.1) is 0 Å². The van der Waals surface area contributed by atoms with Crippen LogP contribution < -0.4 is 15.5 Å². The predicted molar refractivity (Wildman–Crippen MR) is 131 cm³/mol. The maximum atomic E-state index is 13.7. The Hall–Kier alpha value is -3.04. The number of aliphatic hydroxyl groups is 1. The van der Waals surface area contributed by atoms with Gasteiger partial charge in [0.1, 0.15) is 18.0 Å². The SMILES string of the molecule is CCc1ccc([C@@](O)(CNC(C)C)C(=O)N2CCN(c3ncnc4c3C(C)C(=O)N4)CC2)cc1. The molecule has 1 fully saturated rings. The van der Waals surface area contributed by atoms with Crippen molar-refractivity contribution in [1.29, 1.82) is 0 Å². The topological polar surface area (TPSA) is 111 Å². The quantitative estimate of drug-likeness (QED) is 0.569. The maximum Gasteiger partial charge on any atom is 0.260 e. The average molecular weight is 467 g/mol. The van der Waals surface area contributed by atoms with Crippen molar-refractivity contribution in [3.05, 3.63) is 47.3 Å². The standard InChI is InChI=1S/C25H34N6O3/c1-5-18-6-8-19(9-7-18)25(34,14-26-16(2)3)24(33)31-12-10-30(11-13-31)22-20-17(4)23(32)29-21(20)27-15-28-22/h6-9,15-17,26,34H,5,10-14H2,1-4H3,(H,27,28,29,32)/t17?,25-/m0/s1. The zero-order chi connectivity index (χ0) is 24.5. The molecule has 1 aromatic carbocycles. The van der Waals surface area contributed by atoms with E-state index in [2.05, 4.69) is 32.4 Å². The van der Waals surface area contributed by atoms with Gasteiger partial charge < -0.3 is 25.5 Å². The third-order valence-electron chi connectivity index (χ3n) is 6.76. The normalized spacial score (nSPS) is 19.7. The zero-order valence-electron chi connectivity index (χ0n) is 20.3. The number of hydrogen-bond donors (Lipinski definition) is 3. The molecule has 2 atom stereocenters. The molecule has 4 rings (SSSR count). The van der Waals surface area contributed by atoms with Gasteiger partial charge in [0.05, 0.1) is 5.92 Å². The monoisotopic (exact) mass is 466 g/mol. The Morgan fingerprint density at radius 3 is 2.50 bits per heavy atom. The van der Waals surface area contributed by atoms with Crippen molar-refractivity contribution in [3.63, 3.8) is 0 Å². The number of aryl methyl sites for hydroxylation is 1. The molecule has 2 aromatic rings. The lowest BCUT2D eigenvalue weighted by Crippen LogP contribution is -2.58. The lowest BCUT2D eigenvalue weighted by molar-refractivity contribution is -0.152. The first-order valence-corrected chi connectivity index (χ1v) is 12.0. The Kier molecular flexibility index (Phi) is 6.86. The van der Waals surface area contributed by atoms with E-state index in [9.17, 15) is 14.7 Å². The summed E-state index contributed by atoms with van der Waals surface area (Å²) in [5.41, 5.74) is 0.904. The number of piperazine rings is 1. The van der Waals surface area contributed by atoms with E-state index in [0.717, 1.165) is 23.4 Å².